The zero-order chi connectivity index (χ0) is 8.10. The molecule has 0 aliphatic heterocycles. The average Bonchev–Trinajstić information content (AvgIpc) is 2.07. The largest absolute Gasteiger partial charge is 2.00 e. The minimum absolute atomic E-state index is 0. The summed E-state index contributed by atoms with van der Waals surface area (Å²) in [5.74, 6) is -0.312. The van der Waals surface area contributed by atoms with Crippen LogP contribution >= 0.6 is 0 Å². The molecular formula is C9H9ClMgO2. The van der Waals surface area contributed by atoms with E-state index in [9.17, 15) is 4.79 Å². The van der Waals surface area contributed by atoms with E-state index in [4.69, 9.17) is 4.74 Å². The van der Waals surface area contributed by atoms with Crippen molar-refractivity contribution in [1.29, 1.82) is 0 Å². The molecule has 1 rings (SSSR count). The number of hydrogen-bond acceptors (Lipinski definition) is 2. The molecule has 13 heavy (non-hydrogen) atoms. The predicted molar refractivity (Wildman–Crippen MR) is 47.0 cm³/mol. The van der Waals surface area contributed by atoms with Gasteiger partial charge in [-0.1, -0.05) is 5.56 Å². The summed E-state index contributed by atoms with van der Waals surface area (Å²) < 4.78 is 4.76. The molecule has 4 heteroatoms. The molecule has 2 nitrogen and oxygen atoms in total. The van der Waals surface area contributed by atoms with Gasteiger partial charge in [-0.15, -0.1) is 30.3 Å². The van der Waals surface area contributed by atoms with Crippen molar-refractivity contribution in [3.63, 3.8) is 0 Å². The molecule has 0 aliphatic rings. The van der Waals surface area contributed by atoms with Gasteiger partial charge in [0.05, 0.1) is 6.61 Å². The summed E-state index contributed by atoms with van der Waals surface area (Å²) in [5, 5.41) is 0. The van der Waals surface area contributed by atoms with E-state index in [-0.39, 0.29) is 41.4 Å². The number of carbonyl (C=O) groups is 1. The van der Waals surface area contributed by atoms with Crippen molar-refractivity contribution in [2.75, 3.05) is 6.61 Å². The third-order valence-electron chi connectivity index (χ3n) is 1.20. The summed E-state index contributed by atoms with van der Waals surface area (Å²) in [6, 6.07) is 9.73. The van der Waals surface area contributed by atoms with Crippen molar-refractivity contribution in [2.45, 2.75) is 6.92 Å². The summed E-state index contributed by atoms with van der Waals surface area (Å²) in [6.07, 6.45) is 0. The number of ether oxygens (including phenoxy) is 1. The second kappa shape index (κ2) is 8.35. The van der Waals surface area contributed by atoms with E-state index in [1.807, 2.05) is 6.07 Å². The number of hydrogen-bond donors (Lipinski definition) is 0. The van der Waals surface area contributed by atoms with Crippen molar-refractivity contribution in [2.24, 2.45) is 0 Å². The van der Waals surface area contributed by atoms with Gasteiger partial charge in [0.15, 0.2) is 0 Å². The van der Waals surface area contributed by atoms with Gasteiger partial charge in [0, 0.05) is 0 Å². The zero-order valence-electron chi connectivity index (χ0n) is 7.42. The third kappa shape index (κ3) is 5.13. The summed E-state index contributed by atoms with van der Waals surface area (Å²) in [4.78, 5) is 11.0. The van der Waals surface area contributed by atoms with Crippen LogP contribution < -0.4 is 12.4 Å². The second-order valence-electron chi connectivity index (χ2n) is 2.00. The van der Waals surface area contributed by atoms with Crippen LogP contribution in [0.3, 0.4) is 0 Å². The Balaban J connectivity index is 0. The SMILES string of the molecule is CCOC(=O)c1[c-]cccc1.[Cl-].[Mg+2]. The van der Waals surface area contributed by atoms with Crippen molar-refractivity contribution in [1.82, 2.24) is 0 Å². The van der Waals surface area contributed by atoms with E-state index < -0.39 is 0 Å². The van der Waals surface area contributed by atoms with E-state index in [0.29, 0.717) is 12.2 Å². The van der Waals surface area contributed by atoms with E-state index >= 15 is 0 Å². The van der Waals surface area contributed by atoms with Crippen LogP contribution in [0, 0.1) is 6.07 Å². The van der Waals surface area contributed by atoms with Gasteiger partial charge in [0.2, 0.25) is 5.97 Å². The van der Waals surface area contributed by atoms with Crippen molar-refractivity contribution in [3.05, 3.63) is 35.9 Å². The van der Waals surface area contributed by atoms with E-state index in [0.717, 1.165) is 0 Å². The number of halogens is 1. The Hall–Kier alpha value is -0.254. The Morgan fingerprint density at radius 2 is 2.23 bits per heavy atom. The molecule has 0 saturated heterocycles. The minimum atomic E-state index is -0.312. The molecule has 0 heterocycles. The van der Waals surface area contributed by atoms with Crippen molar-refractivity contribution < 1.29 is 21.9 Å². The van der Waals surface area contributed by atoms with E-state index in [1.165, 1.54) is 0 Å². The maximum absolute atomic E-state index is 11.0. The first-order valence-corrected chi connectivity index (χ1v) is 3.48. The van der Waals surface area contributed by atoms with Gasteiger partial charge in [-0.05, 0) is 6.92 Å². The molecule has 0 atom stereocenters. The molecule has 0 radical (unpaired) electrons. The fourth-order valence-electron chi connectivity index (χ4n) is 0.729. The first-order chi connectivity index (χ1) is 5.34. The molecule has 0 saturated carbocycles. The molecule has 1 aromatic carbocycles. The standard InChI is InChI=1S/C9H9O2.ClH.Mg/c1-2-11-9(10)8-6-4-3-5-7-8;;/h3-6H,2H2,1H3;1H;/q-1;;+2/p-1. The Labute approximate surface area is 100 Å². The Bertz CT molecular complexity index is 239. The maximum Gasteiger partial charge on any atom is 2.00 e. The summed E-state index contributed by atoms with van der Waals surface area (Å²) in [7, 11) is 0. The average molecular weight is 209 g/mol. The number of rotatable bonds is 2. The van der Waals surface area contributed by atoms with E-state index in [2.05, 4.69) is 6.07 Å². The molecule has 0 aliphatic carbocycles. The van der Waals surface area contributed by atoms with E-state index in [1.54, 1.807) is 25.1 Å². The normalized spacial score (nSPS) is 7.77. The molecule has 0 N–H and O–H groups in total. The van der Waals surface area contributed by atoms with Crippen molar-refractivity contribution >= 4 is 29.0 Å². The monoisotopic (exact) mass is 208 g/mol. The Morgan fingerprint density at radius 3 is 2.69 bits per heavy atom. The first-order valence-electron chi connectivity index (χ1n) is 3.48. The molecule has 0 fully saturated rings. The maximum atomic E-state index is 11.0. The molecule has 0 aromatic heterocycles. The second-order valence-corrected chi connectivity index (χ2v) is 2.00. The van der Waals surface area contributed by atoms with Gasteiger partial charge < -0.3 is 21.9 Å². The topological polar surface area (TPSA) is 26.3 Å². The molecule has 1 aromatic rings. The van der Waals surface area contributed by atoms with Gasteiger partial charge in [-0.2, -0.15) is 0 Å². The molecule has 66 valence electrons. The molecule has 0 unspecified atom stereocenters. The summed E-state index contributed by atoms with van der Waals surface area (Å²) in [6.45, 7) is 2.18. The molecule has 0 amide bonds. The smallest absolute Gasteiger partial charge is 1.00 e. The van der Waals surface area contributed by atoms with Crippen LogP contribution in [0.5, 0.6) is 0 Å². The van der Waals surface area contributed by atoms with Gasteiger partial charge >= 0.3 is 23.1 Å². The summed E-state index contributed by atoms with van der Waals surface area (Å²) in [5.41, 5.74) is 0.481. The third-order valence-corrected chi connectivity index (χ3v) is 1.20. The first kappa shape index (κ1) is 15.2. The predicted octanol–water partition coefficient (Wildman–Crippen LogP) is -1.71. The van der Waals surface area contributed by atoms with Gasteiger partial charge in [0.1, 0.15) is 0 Å². The minimum Gasteiger partial charge on any atom is -1.00 e. The number of carbonyl (C=O) groups excluding carboxylic acids is 1. The Kier molecular flexibility index (Phi) is 9.78. The van der Waals surface area contributed by atoms with Gasteiger partial charge in [-0.3, -0.25) is 0 Å². The van der Waals surface area contributed by atoms with Crippen LogP contribution in [0.15, 0.2) is 24.3 Å². The zero-order valence-corrected chi connectivity index (χ0v) is 9.59. The fourth-order valence-corrected chi connectivity index (χ4v) is 0.729. The summed E-state index contributed by atoms with van der Waals surface area (Å²) >= 11 is 0. The van der Waals surface area contributed by atoms with Crippen LogP contribution in [0.25, 0.3) is 0 Å². The Morgan fingerprint density at radius 1 is 1.54 bits per heavy atom. The fraction of sp³-hybridized carbons (Fsp3) is 0.222. The van der Waals surface area contributed by atoms with Gasteiger partial charge in [0.25, 0.3) is 0 Å². The van der Waals surface area contributed by atoms with Crippen LogP contribution in [-0.4, -0.2) is 35.6 Å². The van der Waals surface area contributed by atoms with Crippen molar-refractivity contribution in [3.8, 4) is 0 Å². The van der Waals surface area contributed by atoms with Crippen LogP contribution in [-0.2, 0) is 4.74 Å². The van der Waals surface area contributed by atoms with Crippen LogP contribution in [0.2, 0.25) is 0 Å². The molecular weight excluding hydrogens is 200 g/mol. The van der Waals surface area contributed by atoms with Crippen LogP contribution in [0.4, 0.5) is 0 Å². The van der Waals surface area contributed by atoms with Crippen LogP contribution in [0.1, 0.15) is 17.3 Å². The molecule has 0 bridgehead atoms. The molecule has 0 spiro atoms. The number of benzene rings is 1. The number of esters is 1. The van der Waals surface area contributed by atoms with Gasteiger partial charge in [-0.25, -0.2) is 0 Å². The quantitative estimate of drug-likeness (QED) is 0.329.